The van der Waals surface area contributed by atoms with Crippen molar-refractivity contribution in [3.8, 4) is 11.6 Å². The Labute approximate surface area is 75.2 Å². The van der Waals surface area contributed by atoms with Crippen LogP contribution in [-0.4, -0.2) is 14.9 Å². The van der Waals surface area contributed by atoms with Gasteiger partial charge in [-0.3, -0.25) is 0 Å². The van der Waals surface area contributed by atoms with Gasteiger partial charge < -0.3 is 10.8 Å². The van der Waals surface area contributed by atoms with E-state index < -0.39 is 0 Å². The second-order valence-corrected chi connectivity index (χ2v) is 2.71. The molecule has 0 aliphatic heterocycles. The Morgan fingerprint density at radius 1 is 1.31 bits per heavy atom. The summed E-state index contributed by atoms with van der Waals surface area (Å²) in [4.78, 5) is 0. The van der Waals surface area contributed by atoms with Gasteiger partial charge in [0.1, 0.15) is 0 Å². The summed E-state index contributed by atoms with van der Waals surface area (Å²) in [6.45, 7) is 0. The molecule has 13 heavy (non-hydrogen) atoms. The molecular weight excluding hydrogens is 166 g/mol. The van der Waals surface area contributed by atoms with Crippen molar-refractivity contribution in [1.82, 2.24) is 9.78 Å². The maximum absolute atomic E-state index is 9.02. The van der Waals surface area contributed by atoms with Gasteiger partial charge in [0.05, 0.1) is 5.69 Å². The average Bonchev–Trinajstić information content (AvgIpc) is 2.52. The minimum absolute atomic E-state index is 0.00224. The smallest absolute Gasteiger partial charge is 0.230 e. The van der Waals surface area contributed by atoms with Gasteiger partial charge in [-0.05, 0) is 18.2 Å². The van der Waals surface area contributed by atoms with Crippen LogP contribution in [0.4, 0.5) is 5.69 Å². The molecule has 1 aromatic heterocycles. The highest BCUT2D eigenvalue weighted by molar-refractivity contribution is 5.47. The number of benzene rings is 1. The van der Waals surface area contributed by atoms with Crippen molar-refractivity contribution >= 4 is 5.69 Å². The molecule has 0 unspecified atom stereocenters. The fourth-order valence-corrected chi connectivity index (χ4v) is 1.13. The molecule has 4 nitrogen and oxygen atoms in total. The SMILES string of the molecule is Nc1cccc(-n2ccc(O)n2)c1. The first kappa shape index (κ1) is 7.67. The normalized spacial score (nSPS) is 10.2. The maximum Gasteiger partial charge on any atom is 0.230 e. The Kier molecular flexibility index (Phi) is 1.66. The molecule has 2 aromatic rings. The predicted octanol–water partition coefficient (Wildman–Crippen LogP) is 1.16. The average molecular weight is 175 g/mol. The van der Waals surface area contributed by atoms with E-state index in [1.807, 2.05) is 12.1 Å². The van der Waals surface area contributed by atoms with Gasteiger partial charge >= 0.3 is 0 Å². The van der Waals surface area contributed by atoms with E-state index in [4.69, 9.17) is 10.8 Å². The molecule has 0 saturated carbocycles. The third kappa shape index (κ3) is 1.46. The third-order valence-electron chi connectivity index (χ3n) is 1.71. The lowest BCUT2D eigenvalue weighted by Gasteiger charge is -2.00. The van der Waals surface area contributed by atoms with Crippen molar-refractivity contribution < 1.29 is 5.11 Å². The summed E-state index contributed by atoms with van der Waals surface area (Å²) in [5.74, 6) is 0.00224. The van der Waals surface area contributed by atoms with E-state index in [0.717, 1.165) is 5.69 Å². The number of hydrogen-bond acceptors (Lipinski definition) is 3. The number of aromatic hydroxyl groups is 1. The van der Waals surface area contributed by atoms with Gasteiger partial charge in [-0.15, -0.1) is 5.10 Å². The molecule has 2 rings (SSSR count). The van der Waals surface area contributed by atoms with Crippen LogP contribution in [0.5, 0.6) is 5.88 Å². The molecule has 0 amide bonds. The first-order valence-corrected chi connectivity index (χ1v) is 3.86. The van der Waals surface area contributed by atoms with Crippen molar-refractivity contribution in [1.29, 1.82) is 0 Å². The largest absolute Gasteiger partial charge is 0.492 e. The van der Waals surface area contributed by atoms with Gasteiger partial charge in [0, 0.05) is 18.0 Å². The van der Waals surface area contributed by atoms with E-state index in [2.05, 4.69) is 5.10 Å². The molecular formula is C9H9N3O. The molecule has 3 N–H and O–H groups in total. The summed E-state index contributed by atoms with van der Waals surface area (Å²) >= 11 is 0. The van der Waals surface area contributed by atoms with Crippen molar-refractivity contribution in [2.45, 2.75) is 0 Å². The van der Waals surface area contributed by atoms with Gasteiger partial charge in [-0.25, -0.2) is 4.68 Å². The molecule has 4 heteroatoms. The van der Waals surface area contributed by atoms with E-state index in [1.165, 1.54) is 6.07 Å². The van der Waals surface area contributed by atoms with Gasteiger partial charge in [-0.1, -0.05) is 6.07 Å². The molecule has 0 fully saturated rings. The van der Waals surface area contributed by atoms with Gasteiger partial charge in [0.2, 0.25) is 5.88 Å². The number of nitrogens with two attached hydrogens (primary N) is 1. The van der Waals surface area contributed by atoms with Crippen LogP contribution in [0.15, 0.2) is 36.5 Å². The highest BCUT2D eigenvalue weighted by atomic mass is 16.3. The fraction of sp³-hybridized carbons (Fsp3) is 0. The Morgan fingerprint density at radius 2 is 2.15 bits per heavy atom. The molecule has 0 aliphatic carbocycles. The number of nitrogen functional groups attached to an aromatic ring is 1. The summed E-state index contributed by atoms with van der Waals surface area (Å²) in [5.41, 5.74) is 7.11. The molecule has 1 heterocycles. The van der Waals surface area contributed by atoms with Crippen molar-refractivity contribution in [2.24, 2.45) is 0 Å². The minimum Gasteiger partial charge on any atom is -0.492 e. The second-order valence-electron chi connectivity index (χ2n) is 2.71. The van der Waals surface area contributed by atoms with E-state index >= 15 is 0 Å². The van der Waals surface area contributed by atoms with Gasteiger partial charge in [-0.2, -0.15) is 0 Å². The fourth-order valence-electron chi connectivity index (χ4n) is 1.13. The number of anilines is 1. The first-order chi connectivity index (χ1) is 6.25. The first-order valence-electron chi connectivity index (χ1n) is 3.86. The van der Waals surface area contributed by atoms with Crippen molar-refractivity contribution in [3.05, 3.63) is 36.5 Å². The lowest BCUT2D eigenvalue weighted by atomic mass is 10.3. The Bertz CT molecular complexity index is 422. The quantitative estimate of drug-likeness (QED) is 0.639. The number of nitrogens with zero attached hydrogens (tertiary/aromatic N) is 2. The second kappa shape index (κ2) is 2.82. The zero-order valence-electron chi connectivity index (χ0n) is 6.88. The number of rotatable bonds is 1. The lowest BCUT2D eigenvalue weighted by Crippen LogP contribution is -1.95. The minimum atomic E-state index is 0.00224. The highest BCUT2D eigenvalue weighted by Gasteiger charge is 1.98. The summed E-state index contributed by atoms with van der Waals surface area (Å²) in [6, 6.07) is 8.80. The Morgan fingerprint density at radius 3 is 2.77 bits per heavy atom. The topological polar surface area (TPSA) is 64.1 Å². The summed E-state index contributed by atoms with van der Waals surface area (Å²) in [7, 11) is 0. The molecule has 66 valence electrons. The lowest BCUT2D eigenvalue weighted by molar-refractivity contribution is 0.448. The molecule has 0 saturated heterocycles. The molecule has 0 bridgehead atoms. The van der Waals surface area contributed by atoms with Crippen molar-refractivity contribution in [3.63, 3.8) is 0 Å². The number of aromatic nitrogens is 2. The molecule has 0 aliphatic rings. The van der Waals surface area contributed by atoms with E-state index in [-0.39, 0.29) is 5.88 Å². The Balaban J connectivity index is 2.46. The van der Waals surface area contributed by atoms with Crippen LogP contribution in [0.2, 0.25) is 0 Å². The van der Waals surface area contributed by atoms with Crippen LogP contribution >= 0.6 is 0 Å². The highest BCUT2D eigenvalue weighted by Crippen LogP contribution is 2.13. The van der Waals surface area contributed by atoms with E-state index in [0.29, 0.717) is 5.69 Å². The molecule has 0 atom stereocenters. The van der Waals surface area contributed by atoms with Crippen LogP contribution in [0.25, 0.3) is 5.69 Å². The van der Waals surface area contributed by atoms with Crippen LogP contribution in [0.1, 0.15) is 0 Å². The van der Waals surface area contributed by atoms with Crippen LogP contribution < -0.4 is 5.73 Å². The van der Waals surface area contributed by atoms with Crippen molar-refractivity contribution in [2.75, 3.05) is 5.73 Å². The van der Waals surface area contributed by atoms with Gasteiger partial charge in [0.25, 0.3) is 0 Å². The Hall–Kier alpha value is -1.97. The zero-order valence-corrected chi connectivity index (χ0v) is 6.88. The van der Waals surface area contributed by atoms with Gasteiger partial charge in [0.15, 0.2) is 0 Å². The summed E-state index contributed by atoms with van der Waals surface area (Å²) < 4.78 is 1.56. The number of hydrogen-bond donors (Lipinski definition) is 2. The van der Waals surface area contributed by atoms with Crippen LogP contribution in [-0.2, 0) is 0 Å². The standard InChI is InChI=1S/C9H9N3O/c10-7-2-1-3-8(6-7)12-5-4-9(13)11-12/h1-6H,10H2,(H,11,13). The zero-order chi connectivity index (χ0) is 9.26. The monoisotopic (exact) mass is 175 g/mol. The molecule has 1 aromatic carbocycles. The summed E-state index contributed by atoms with van der Waals surface area (Å²) in [5, 5.41) is 12.9. The summed E-state index contributed by atoms with van der Waals surface area (Å²) in [6.07, 6.45) is 1.67. The van der Waals surface area contributed by atoms with Crippen LogP contribution in [0, 0.1) is 0 Å². The van der Waals surface area contributed by atoms with Crippen LogP contribution in [0.3, 0.4) is 0 Å². The third-order valence-corrected chi connectivity index (χ3v) is 1.71. The predicted molar refractivity (Wildman–Crippen MR) is 49.6 cm³/mol. The van der Waals surface area contributed by atoms with E-state index in [9.17, 15) is 0 Å². The van der Waals surface area contributed by atoms with E-state index in [1.54, 1.807) is 23.0 Å². The molecule has 0 radical (unpaired) electrons. The maximum atomic E-state index is 9.02. The molecule has 0 spiro atoms.